The summed E-state index contributed by atoms with van der Waals surface area (Å²) >= 11 is 11.9. The monoisotopic (exact) mass is 325 g/mol. The van der Waals surface area contributed by atoms with E-state index in [9.17, 15) is 9.90 Å². The van der Waals surface area contributed by atoms with Crippen LogP contribution in [-0.4, -0.2) is 11.2 Å². The van der Waals surface area contributed by atoms with Crippen molar-refractivity contribution in [2.24, 2.45) is 0 Å². The highest BCUT2D eigenvalue weighted by molar-refractivity contribution is 6.44. The van der Waals surface area contributed by atoms with Crippen molar-refractivity contribution in [1.29, 1.82) is 0 Å². The number of benzene rings is 2. The molecule has 0 radical (unpaired) electrons. The number of aliphatic hydroxyl groups excluding tert-OH is 1. The SMILES string of the molecule is O=C(Nc1c(CO)ccc(Cl)c1Cl)OCc1ccccc1. The molecule has 110 valence electrons. The normalized spacial score (nSPS) is 10.2. The van der Waals surface area contributed by atoms with Gasteiger partial charge in [0.05, 0.1) is 22.3 Å². The summed E-state index contributed by atoms with van der Waals surface area (Å²) < 4.78 is 5.09. The summed E-state index contributed by atoms with van der Waals surface area (Å²) in [5.41, 5.74) is 1.58. The first-order valence-electron chi connectivity index (χ1n) is 6.17. The molecule has 0 atom stereocenters. The van der Waals surface area contributed by atoms with E-state index in [0.717, 1.165) is 5.56 Å². The molecule has 0 aliphatic heterocycles. The molecule has 2 aromatic rings. The fourth-order valence-electron chi connectivity index (χ4n) is 1.72. The van der Waals surface area contributed by atoms with E-state index in [2.05, 4.69) is 5.32 Å². The molecule has 2 aromatic carbocycles. The molecule has 0 aromatic heterocycles. The van der Waals surface area contributed by atoms with Crippen molar-refractivity contribution < 1.29 is 14.6 Å². The van der Waals surface area contributed by atoms with Crippen LogP contribution in [0.1, 0.15) is 11.1 Å². The van der Waals surface area contributed by atoms with Crippen molar-refractivity contribution in [2.45, 2.75) is 13.2 Å². The molecule has 6 heteroatoms. The topological polar surface area (TPSA) is 58.6 Å². The van der Waals surface area contributed by atoms with Gasteiger partial charge >= 0.3 is 6.09 Å². The highest BCUT2D eigenvalue weighted by Crippen LogP contribution is 2.33. The van der Waals surface area contributed by atoms with E-state index in [1.54, 1.807) is 12.1 Å². The van der Waals surface area contributed by atoms with Gasteiger partial charge < -0.3 is 9.84 Å². The zero-order valence-corrected chi connectivity index (χ0v) is 12.5. The fourth-order valence-corrected chi connectivity index (χ4v) is 2.11. The summed E-state index contributed by atoms with van der Waals surface area (Å²) in [6.07, 6.45) is -0.669. The van der Waals surface area contributed by atoms with Crippen molar-refractivity contribution in [3.05, 3.63) is 63.6 Å². The van der Waals surface area contributed by atoms with Crippen LogP contribution < -0.4 is 5.32 Å². The van der Waals surface area contributed by atoms with E-state index in [-0.39, 0.29) is 28.9 Å². The second-order valence-electron chi connectivity index (χ2n) is 4.24. The average molecular weight is 326 g/mol. The van der Waals surface area contributed by atoms with Crippen LogP contribution in [-0.2, 0) is 18.0 Å². The number of aliphatic hydroxyl groups is 1. The molecule has 2 N–H and O–H groups in total. The third-order valence-electron chi connectivity index (χ3n) is 2.79. The Morgan fingerprint density at radius 1 is 1.14 bits per heavy atom. The maximum absolute atomic E-state index is 11.8. The molecule has 0 unspecified atom stereocenters. The first kappa shape index (κ1) is 15.6. The zero-order valence-electron chi connectivity index (χ0n) is 11.0. The van der Waals surface area contributed by atoms with E-state index in [1.807, 2.05) is 30.3 Å². The van der Waals surface area contributed by atoms with E-state index < -0.39 is 6.09 Å². The Morgan fingerprint density at radius 2 is 1.86 bits per heavy atom. The van der Waals surface area contributed by atoms with Gasteiger partial charge in [0, 0.05) is 5.56 Å². The number of amides is 1. The Balaban J connectivity index is 2.04. The number of hydrogen-bond acceptors (Lipinski definition) is 3. The molecule has 0 spiro atoms. The van der Waals surface area contributed by atoms with Crippen LogP contribution in [0.15, 0.2) is 42.5 Å². The van der Waals surface area contributed by atoms with Gasteiger partial charge in [0.1, 0.15) is 6.61 Å². The molecular weight excluding hydrogens is 313 g/mol. The van der Waals surface area contributed by atoms with Crippen molar-refractivity contribution in [1.82, 2.24) is 0 Å². The number of hydrogen-bond donors (Lipinski definition) is 2. The van der Waals surface area contributed by atoms with Gasteiger partial charge in [-0.05, 0) is 11.6 Å². The molecule has 2 rings (SSSR count). The molecule has 0 fully saturated rings. The molecule has 1 amide bonds. The third kappa shape index (κ3) is 4.11. The maximum atomic E-state index is 11.8. The van der Waals surface area contributed by atoms with Gasteiger partial charge in [0.25, 0.3) is 0 Å². The average Bonchev–Trinajstić information content (AvgIpc) is 2.51. The van der Waals surface area contributed by atoms with Gasteiger partial charge in [-0.3, -0.25) is 5.32 Å². The van der Waals surface area contributed by atoms with Crippen LogP contribution >= 0.6 is 23.2 Å². The molecule has 0 bridgehead atoms. The molecule has 0 saturated heterocycles. The minimum absolute atomic E-state index is 0.138. The number of carbonyl (C=O) groups excluding carboxylic acids is 1. The van der Waals surface area contributed by atoms with Crippen LogP contribution in [0.2, 0.25) is 10.0 Å². The Hall–Kier alpha value is -1.75. The molecule has 4 nitrogen and oxygen atoms in total. The van der Waals surface area contributed by atoms with Gasteiger partial charge in [-0.15, -0.1) is 0 Å². The van der Waals surface area contributed by atoms with E-state index in [1.165, 1.54) is 0 Å². The summed E-state index contributed by atoms with van der Waals surface area (Å²) in [5, 5.41) is 12.2. The lowest BCUT2D eigenvalue weighted by Crippen LogP contribution is -2.15. The van der Waals surface area contributed by atoms with Crippen LogP contribution in [0.25, 0.3) is 0 Å². The lowest BCUT2D eigenvalue weighted by atomic mass is 10.2. The molecule has 0 aliphatic carbocycles. The number of anilines is 1. The van der Waals surface area contributed by atoms with Crippen LogP contribution in [0.4, 0.5) is 10.5 Å². The minimum atomic E-state index is -0.669. The highest BCUT2D eigenvalue weighted by Gasteiger charge is 2.14. The standard InChI is InChI=1S/C15H13Cl2NO3/c16-12-7-6-11(8-19)14(13(12)17)18-15(20)21-9-10-4-2-1-3-5-10/h1-7,19H,8-9H2,(H,18,20). The lowest BCUT2D eigenvalue weighted by Gasteiger charge is -2.12. The number of nitrogens with one attached hydrogen (secondary N) is 1. The predicted molar refractivity (Wildman–Crippen MR) is 82.6 cm³/mol. The molecular formula is C15H13Cl2NO3. The first-order chi connectivity index (χ1) is 10.1. The minimum Gasteiger partial charge on any atom is -0.444 e. The molecule has 0 aliphatic rings. The number of carbonyl (C=O) groups is 1. The zero-order chi connectivity index (χ0) is 15.2. The molecule has 0 heterocycles. The van der Waals surface area contributed by atoms with Crippen molar-refractivity contribution in [3.63, 3.8) is 0 Å². The second-order valence-corrected chi connectivity index (χ2v) is 5.03. The molecule has 0 saturated carbocycles. The Morgan fingerprint density at radius 3 is 2.52 bits per heavy atom. The highest BCUT2D eigenvalue weighted by atomic mass is 35.5. The van der Waals surface area contributed by atoms with Crippen LogP contribution in [0.5, 0.6) is 0 Å². The third-order valence-corrected chi connectivity index (χ3v) is 3.60. The second kappa shape index (κ2) is 7.31. The van der Waals surface area contributed by atoms with E-state index in [4.69, 9.17) is 27.9 Å². The molecule has 21 heavy (non-hydrogen) atoms. The first-order valence-corrected chi connectivity index (χ1v) is 6.93. The largest absolute Gasteiger partial charge is 0.444 e. The summed E-state index contributed by atoms with van der Waals surface area (Å²) in [7, 11) is 0. The van der Waals surface area contributed by atoms with E-state index >= 15 is 0 Å². The fraction of sp³-hybridized carbons (Fsp3) is 0.133. The predicted octanol–water partition coefficient (Wildman–Crippen LogP) is 4.23. The van der Waals surface area contributed by atoms with Gasteiger partial charge in [0.2, 0.25) is 0 Å². The maximum Gasteiger partial charge on any atom is 0.412 e. The van der Waals surface area contributed by atoms with E-state index in [0.29, 0.717) is 5.56 Å². The van der Waals surface area contributed by atoms with Crippen molar-refractivity contribution in [2.75, 3.05) is 5.32 Å². The Bertz CT molecular complexity index is 632. The van der Waals surface area contributed by atoms with Gasteiger partial charge in [-0.2, -0.15) is 0 Å². The van der Waals surface area contributed by atoms with Crippen molar-refractivity contribution >= 4 is 35.0 Å². The quantitative estimate of drug-likeness (QED) is 0.884. The summed E-state index contributed by atoms with van der Waals surface area (Å²) in [6.45, 7) is -0.134. The smallest absolute Gasteiger partial charge is 0.412 e. The number of rotatable bonds is 4. The van der Waals surface area contributed by atoms with Gasteiger partial charge in [0.15, 0.2) is 0 Å². The Kier molecular flexibility index (Phi) is 5.44. The van der Waals surface area contributed by atoms with Crippen LogP contribution in [0.3, 0.4) is 0 Å². The Labute approximate surface area is 132 Å². The van der Waals surface area contributed by atoms with Crippen molar-refractivity contribution in [3.8, 4) is 0 Å². The summed E-state index contributed by atoms with van der Waals surface area (Å²) in [4.78, 5) is 11.8. The lowest BCUT2D eigenvalue weighted by molar-refractivity contribution is 0.155. The van der Waals surface area contributed by atoms with Gasteiger partial charge in [-0.1, -0.05) is 59.6 Å². The van der Waals surface area contributed by atoms with Gasteiger partial charge in [-0.25, -0.2) is 4.79 Å². The number of halogens is 2. The summed E-state index contributed by atoms with van der Waals surface area (Å²) in [6, 6.07) is 12.4. The summed E-state index contributed by atoms with van der Waals surface area (Å²) in [5.74, 6) is 0. The number of ether oxygens (including phenoxy) is 1. The van der Waals surface area contributed by atoms with Crippen LogP contribution in [0, 0.1) is 0 Å².